The molecule has 1 atom stereocenters. The van der Waals surface area contributed by atoms with E-state index in [4.69, 9.17) is 14.0 Å². The predicted molar refractivity (Wildman–Crippen MR) is 75.7 cm³/mol. The number of hydrogen-bond donors (Lipinski definition) is 0. The molecule has 1 unspecified atom stereocenters. The largest absolute Gasteiger partial charge is 0.497 e. The fourth-order valence-electron chi connectivity index (χ4n) is 1.84. The maximum absolute atomic E-state index is 11.7. The minimum absolute atomic E-state index is 0.0837. The Morgan fingerprint density at radius 3 is 2.76 bits per heavy atom. The van der Waals surface area contributed by atoms with Crippen LogP contribution >= 0.6 is 0 Å². The Hall–Kier alpha value is -2.37. The average Bonchev–Trinajstić information content (AvgIpc) is 2.95. The number of Topliss-reactive ketones (excluding diaryl/α,β-unsaturated/α-hetero) is 1. The summed E-state index contributed by atoms with van der Waals surface area (Å²) in [5, 5.41) is 3.83. The molecule has 21 heavy (non-hydrogen) atoms. The van der Waals surface area contributed by atoms with E-state index in [1.54, 1.807) is 32.2 Å². The molecular weight excluding hydrogens is 272 g/mol. The second kappa shape index (κ2) is 6.39. The Morgan fingerprint density at radius 2 is 2.19 bits per heavy atom. The Kier molecular flexibility index (Phi) is 4.57. The van der Waals surface area contributed by atoms with Gasteiger partial charge in [0.2, 0.25) is 0 Å². The number of ketones is 1. The van der Waals surface area contributed by atoms with Crippen molar-refractivity contribution >= 4 is 5.78 Å². The third-order valence-corrected chi connectivity index (χ3v) is 3.02. The van der Waals surface area contributed by atoms with Crippen LogP contribution in [0.1, 0.15) is 48.9 Å². The number of carbonyl (C=O) groups excluding carboxylic acids is 1. The zero-order valence-electron chi connectivity index (χ0n) is 12.5. The van der Waals surface area contributed by atoms with Gasteiger partial charge < -0.3 is 14.0 Å². The first-order chi connectivity index (χ1) is 10.0. The molecule has 112 valence electrons. The van der Waals surface area contributed by atoms with E-state index in [0.717, 1.165) is 0 Å². The molecule has 0 spiro atoms. The highest BCUT2D eigenvalue weighted by atomic mass is 16.5. The fraction of sp³-hybridized carbons (Fsp3) is 0.400. The van der Waals surface area contributed by atoms with E-state index < -0.39 is 6.10 Å². The lowest BCUT2D eigenvalue weighted by Crippen LogP contribution is -2.07. The van der Waals surface area contributed by atoms with E-state index in [1.807, 2.05) is 6.92 Å². The van der Waals surface area contributed by atoms with Crippen LogP contribution in [0.15, 0.2) is 22.7 Å². The van der Waals surface area contributed by atoms with Crippen LogP contribution in [0, 0.1) is 0 Å². The predicted octanol–water partition coefficient (Wildman–Crippen LogP) is 2.98. The topological polar surface area (TPSA) is 74.5 Å². The normalized spacial score (nSPS) is 12.0. The molecule has 0 amide bonds. The van der Waals surface area contributed by atoms with Crippen molar-refractivity contribution < 1.29 is 18.8 Å². The molecule has 1 heterocycles. The minimum Gasteiger partial charge on any atom is -0.497 e. The molecule has 0 aliphatic heterocycles. The molecule has 2 rings (SSSR count). The van der Waals surface area contributed by atoms with Gasteiger partial charge in [0, 0.05) is 12.5 Å². The maximum Gasteiger partial charge on any atom is 0.267 e. The van der Waals surface area contributed by atoms with Crippen molar-refractivity contribution in [2.45, 2.75) is 33.3 Å². The summed E-state index contributed by atoms with van der Waals surface area (Å²) < 4.78 is 16.1. The lowest BCUT2D eigenvalue weighted by molar-refractivity contribution is 0.100. The summed E-state index contributed by atoms with van der Waals surface area (Å²) in [7, 11) is 1.56. The first-order valence-electron chi connectivity index (χ1n) is 6.73. The summed E-state index contributed by atoms with van der Waals surface area (Å²) in [6, 6.07) is 5.06. The van der Waals surface area contributed by atoms with E-state index >= 15 is 0 Å². The Balaban J connectivity index is 2.26. The van der Waals surface area contributed by atoms with E-state index in [2.05, 4.69) is 10.1 Å². The summed E-state index contributed by atoms with van der Waals surface area (Å²) in [6.45, 7) is 5.22. The number of nitrogens with zero attached hydrogens (tertiary/aromatic N) is 2. The minimum atomic E-state index is -0.456. The van der Waals surface area contributed by atoms with Gasteiger partial charge in [0.25, 0.3) is 5.89 Å². The van der Waals surface area contributed by atoms with Crippen molar-refractivity contribution in [1.29, 1.82) is 0 Å². The summed E-state index contributed by atoms with van der Waals surface area (Å²) in [4.78, 5) is 15.9. The molecule has 1 aromatic carbocycles. The quantitative estimate of drug-likeness (QED) is 0.761. The number of benzene rings is 1. The highest BCUT2D eigenvalue weighted by Gasteiger charge is 2.18. The summed E-state index contributed by atoms with van der Waals surface area (Å²) in [6.07, 6.45) is 0.233. The molecule has 0 radical (unpaired) electrons. The summed E-state index contributed by atoms with van der Waals surface area (Å²) in [5.41, 5.74) is 0.484. The zero-order valence-corrected chi connectivity index (χ0v) is 12.5. The van der Waals surface area contributed by atoms with Gasteiger partial charge in [-0.3, -0.25) is 4.79 Å². The molecule has 0 aliphatic carbocycles. The van der Waals surface area contributed by atoms with Crippen LogP contribution in [-0.4, -0.2) is 23.0 Å². The number of methoxy groups -OCH3 is 1. The van der Waals surface area contributed by atoms with Gasteiger partial charge in [0.1, 0.15) is 11.5 Å². The van der Waals surface area contributed by atoms with Crippen LogP contribution in [0.25, 0.3) is 0 Å². The second-order valence-electron chi connectivity index (χ2n) is 4.58. The molecule has 6 heteroatoms. The number of ether oxygens (including phenoxy) is 2. The van der Waals surface area contributed by atoms with E-state index in [0.29, 0.717) is 35.2 Å². The lowest BCUT2D eigenvalue weighted by Gasteiger charge is -2.14. The van der Waals surface area contributed by atoms with Gasteiger partial charge in [-0.05, 0) is 26.0 Å². The van der Waals surface area contributed by atoms with Crippen LogP contribution < -0.4 is 9.47 Å². The standard InChI is InChI=1S/C15H18N2O4/c1-5-14-16-15(21-17-14)10(3)20-13-8-11(19-4)6-7-12(13)9(2)18/h6-8,10H,5H2,1-4H3. The van der Waals surface area contributed by atoms with Crippen molar-refractivity contribution in [1.82, 2.24) is 10.1 Å². The van der Waals surface area contributed by atoms with Crippen LogP contribution in [0.4, 0.5) is 0 Å². The van der Waals surface area contributed by atoms with Gasteiger partial charge in [-0.1, -0.05) is 12.1 Å². The number of hydrogen-bond acceptors (Lipinski definition) is 6. The van der Waals surface area contributed by atoms with Crippen molar-refractivity contribution in [3.05, 3.63) is 35.5 Å². The van der Waals surface area contributed by atoms with Crippen LogP contribution in [-0.2, 0) is 6.42 Å². The number of rotatable bonds is 6. The van der Waals surface area contributed by atoms with Gasteiger partial charge in [0.05, 0.1) is 12.7 Å². The van der Waals surface area contributed by atoms with E-state index in [9.17, 15) is 4.79 Å². The summed E-state index contributed by atoms with van der Waals surface area (Å²) in [5.74, 6) is 1.97. The highest BCUT2D eigenvalue weighted by molar-refractivity contribution is 5.97. The number of aryl methyl sites for hydroxylation is 1. The van der Waals surface area contributed by atoms with Gasteiger partial charge in [-0.15, -0.1) is 0 Å². The SMILES string of the molecule is CCc1noc(C(C)Oc2cc(OC)ccc2C(C)=O)n1. The third kappa shape index (κ3) is 3.39. The van der Waals surface area contributed by atoms with Crippen LogP contribution in [0.2, 0.25) is 0 Å². The molecule has 0 bridgehead atoms. The fourth-order valence-corrected chi connectivity index (χ4v) is 1.84. The Bertz CT molecular complexity index is 636. The van der Waals surface area contributed by atoms with Gasteiger partial charge in [-0.2, -0.15) is 4.98 Å². The average molecular weight is 290 g/mol. The molecule has 0 N–H and O–H groups in total. The van der Waals surface area contributed by atoms with Crippen molar-refractivity contribution in [2.24, 2.45) is 0 Å². The lowest BCUT2D eigenvalue weighted by atomic mass is 10.1. The zero-order chi connectivity index (χ0) is 15.4. The smallest absolute Gasteiger partial charge is 0.267 e. The molecule has 0 saturated heterocycles. The van der Waals surface area contributed by atoms with Crippen LogP contribution in [0.5, 0.6) is 11.5 Å². The number of aromatic nitrogens is 2. The molecule has 0 saturated carbocycles. The highest BCUT2D eigenvalue weighted by Crippen LogP contribution is 2.29. The van der Waals surface area contributed by atoms with Gasteiger partial charge >= 0.3 is 0 Å². The van der Waals surface area contributed by atoms with Crippen molar-refractivity contribution in [2.75, 3.05) is 7.11 Å². The monoisotopic (exact) mass is 290 g/mol. The molecular formula is C15H18N2O4. The first-order valence-corrected chi connectivity index (χ1v) is 6.73. The van der Waals surface area contributed by atoms with Crippen LogP contribution in [0.3, 0.4) is 0 Å². The second-order valence-corrected chi connectivity index (χ2v) is 4.58. The summed E-state index contributed by atoms with van der Waals surface area (Å²) >= 11 is 0. The molecule has 1 aromatic heterocycles. The van der Waals surface area contributed by atoms with Crippen molar-refractivity contribution in [3.63, 3.8) is 0 Å². The van der Waals surface area contributed by atoms with Crippen molar-refractivity contribution in [3.8, 4) is 11.5 Å². The maximum atomic E-state index is 11.7. The van der Waals surface area contributed by atoms with Gasteiger partial charge in [-0.25, -0.2) is 0 Å². The van der Waals surface area contributed by atoms with E-state index in [-0.39, 0.29) is 5.78 Å². The third-order valence-electron chi connectivity index (χ3n) is 3.02. The molecule has 0 aliphatic rings. The Labute approximate surface area is 123 Å². The molecule has 2 aromatic rings. The molecule has 0 fully saturated rings. The number of carbonyl (C=O) groups is 1. The van der Waals surface area contributed by atoms with Gasteiger partial charge in [0.15, 0.2) is 17.7 Å². The molecule has 6 nitrogen and oxygen atoms in total. The Morgan fingerprint density at radius 1 is 1.43 bits per heavy atom. The van der Waals surface area contributed by atoms with E-state index in [1.165, 1.54) is 6.92 Å². The first kappa shape index (κ1) is 15.0.